The Balaban J connectivity index is 1.63. The van der Waals surface area contributed by atoms with Crippen molar-refractivity contribution in [2.45, 2.75) is 122 Å². The molecule has 0 radical (unpaired) electrons. The highest BCUT2D eigenvalue weighted by atomic mass is 32.2. The lowest BCUT2D eigenvalue weighted by atomic mass is 9.72. The smallest absolute Gasteiger partial charge is 0.287 e. The molecule has 2 aromatic rings. The van der Waals surface area contributed by atoms with Gasteiger partial charge in [-0.25, -0.2) is 8.42 Å². The van der Waals surface area contributed by atoms with Gasteiger partial charge >= 0.3 is 0 Å². The molecule has 3 amide bonds. The summed E-state index contributed by atoms with van der Waals surface area (Å²) >= 11 is 0. The fourth-order valence-electron chi connectivity index (χ4n) is 7.07. The molecule has 11 nitrogen and oxygen atoms in total. The molecular weight excluding hydrogens is 644 g/mol. The van der Waals surface area contributed by atoms with Crippen LogP contribution in [0.1, 0.15) is 94.2 Å². The predicted molar refractivity (Wildman–Crippen MR) is 190 cm³/mol. The van der Waals surface area contributed by atoms with Gasteiger partial charge in [0.25, 0.3) is 5.91 Å². The number of rotatable bonds is 12. The molecule has 1 aliphatic heterocycles. The van der Waals surface area contributed by atoms with E-state index in [1.54, 1.807) is 13.8 Å². The summed E-state index contributed by atoms with van der Waals surface area (Å²) in [5, 5.41) is 20.6. The molecule has 12 heteroatoms. The zero-order valence-electron chi connectivity index (χ0n) is 30.3. The van der Waals surface area contributed by atoms with Crippen molar-refractivity contribution in [2.75, 3.05) is 19.3 Å². The maximum Gasteiger partial charge on any atom is 0.287 e. The fourth-order valence-corrected chi connectivity index (χ4v) is 7.66. The number of hydrogen-bond donors (Lipinski definition) is 4. The summed E-state index contributed by atoms with van der Waals surface area (Å²) in [5.41, 5.74) is 1.17. The number of aliphatic hydroxyl groups excluding tert-OH is 1. The van der Waals surface area contributed by atoms with E-state index in [1.165, 1.54) is 19.9 Å². The third-order valence-electron chi connectivity index (χ3n) is 10.4. The van der Waals surface area contributed by atoms with Gasteiger partial charge in [-0.05, 0) is 96.8 Å². The molecule has 49 heavy (non-hydrogen) atoms. The second-order valence-corrected chi connectivity index (χ2v) is 18.3. The van der Waals surface area contributed by atoms with Gasteiger partial charge in [0, 0.05) is 24.9 Å². The van der Waals surface area contributed by atoms with E-state index in [1.807, 2.05) is 51.1 Å². The Labute approximate surface area is 291 Å². The van der Waals surface area contributed by atoms with E-state index >= 15 is 0 Å². The predicted octanol–water partition coefficient (Wildman–Crippen LogP) is 3.70. The minimum absolute atomic E-state index is 0.0383. The summed E-state index contributed by atoms with van der Waals surface area (Å²) in [6.45, 7) is 12.9. The van der Waals surface area contributed by atoms with Gasteiger partial charge in [-0.3, -0.25) is 19.3 Å². The van der Waals surface area contributed by atoms with E-state index in [0.29, 0.717) is 30.6 Å². The number of hydrogen-bond acceptors (Lipinski definition) is 8. The number of fused-ring (bicyclic) bond motifs is 1. The largest absolute Gasteiger partial charge is 0.456 e. The van der Waals surface area contributed by atoms with Crippen LogP contribution in [0.4, 0.5) is 0 Å². The van der Waals surface area contributed by atoms with Crippen molar-refractivity contribution in [3.05, 3.63) is 59.0 Å². The first-order chi connectivity index (χ1) is 22.8. The highest BCUT2D eigenvalue weighted by Gasteiger charge is 2.46. The van der Waals surface area contributed by atoms with Gasteiger partial charge in [0.2, 0.25) is 11.8 Å². The van der Waals surface area contributed by atoms with Gasteiger partial charge < -0.3 is 25.5 Å². The molecular formula is C37H56N4O7S. The van der Waals surface area contributed by atoms with E-state index < -0.39 is 56.2 Å². The SMILES string of the molecule is Cc1cc(C(=O)NC(C(=O)NC(Cc2ccccc2)C(O)CN2CC3CCCCC3CC2C(=O)NC(C)(C)C)C(C)(C)S(C)(=O)=O)oc1C. The van der Waals surface area contributed by atoms with Crippen LogP contribution < -0.4 is 16.0 Å². The van der Waals surface area contributed by atoms with Crippen molar-refractivity contribution in [3.63, 3.8) is 0 Å². The molecule has 0 spiro atoms. The minimum atomic E-state index is -3.88. The molecule has 2 aliphatic rings. The summed E-state index contributed by atoms with van der Waals surface area (Å²) in [7, 11) is -3.88. The van der Waals surface area contributed by atoms with Gasteiger partial charge in [0.1, 0.15) is 11.8 Å². The van der Waals surface area contributed by atoms with Crippen LogP contribution in [0, 0.1) is 25.7 Å². The summed E-state index contributed by atoms with van der Waals surface area (Å²) in [6.07, 6.45) is 5.31. The number of benzene rings is 1. The molecule has 1 saturated carbocycles. The molecule has 4 N–H and O–H groups in total. The number of nitrogens with one attached hydrogen (secondary N) is 3. The average Bonchev–Trinajstić information content (AvgIpc) is 3.35. The van der Waals surface area contributed by atoms with Crippen LogP contribution >= 0.6 is 0 Å². The van der Waals surface area contributed by atoms with Crippen molar-refractivity contribution in [1.29, 1.82) is 0 Å². The molecule has 6 atom stereocenters. The number of nitrogens with zero attached hydrogens (tertiary/aromatic N) is 1. The zero-order valence-corrected chi connectivity index (χ0v) is 31.2. The third kappa shape index (κ3) is 9.73. The van der Waals surface area contributed by atoms with E-state index in [9.17, 15) is 27.9 Å². The summed E-state index contributed by atoms with van der Waals surface area (Å²) in [6, 6.07) is 8.10. The first-order valence-electron chi connectivity index (χ1n) is 17.4. The molecule has 1 saturated heterocycles. The minimum Gasteiger partial charge on any atom is -0.456 e. The van der Waals surface area contributed by atoms with Gasteiger partial charge in [-0.1, -0.05) is 49.6 Å². The number of amides is 3. The molecule has 2 heterocycles. The molecule has 272 valence electrons. The van der Waals surface area contributed by atoms with Gasteiger partial charge in [0.05, 0.1) is 22.9 Å². The van der Waals surface area contributed by atoms with Crippen LogP contribution in [0.5, 0.6) is 0 Å². The number of piperidine rings is 1. The number of sulfone groups is 1. The lowest BCUT2D eigenvalue weighted by Crippen LogP contribution is -2.64. The lowest BCUT2D eigenvalue weighted by molar-refractivity contribution is -0.133. The summed E-state index contributed by atoms with van der Waals surface area (Å²) in [4.78, 5) is 43.2. The number of aryl methyl sites for hydroxylation is 2. The van der Waals surface area contributed by atoms with Crippen molar-refractivity contribution in [2.24, 2.45) is 11.8 Å². The van der Waals surface area contributed by atoms with Crippen molar-refractivity contribution in [3.8, 4) is 0 Å². The molecule has 1 aromatic heterocycles. The lowest BCUT2D eigenvalue weighted by Gasteiger charge is -2.47. The maximum atomic E-state index is 14.2. The van der Waals surface area contributed by atoms with Gasteiger partial charge in [0.15, 0.2) is 15.6 Å². The van der Waals surface area contributed by atoms with Crippen LogP contribution in [0.25, 0.3) is 0 Å². The Kier molecular flexibility index (Phi) is 12.1. The van der Waals surface area contributed by atoms with Crippen molar-refractivity contribution >= 4 is 27.6 Å². The number of carbonyl (C=O) groups excluding carboxylic acids is 3. The standard InChI is InChI=1S/C37H56N4O7S/c1-23-18-31(48-24(23)2)34(44)39-32(37(6,7)49(8,46)47)35(45)38-28(19-25-14-10-9-11-15-25)30(42)22-41-21-27-17-13-12-16-26(27)20-29(41)33(43)40-36(3,4)5/h9-11,14-15,18,26-30,32,42H,12-13,16-17,19-22H2,1-8H3,(H,38,45)(H,39,44)(H,40,43). The molecule has 1 aromatic carbocycles. The Morgan fingerprint density at radius 2 is 1.63 bits per heavy atom. The maximum absolute atomic E-state index is 14.2. The summed E-state index contributed by atoms with van der Waals surface area (Å²) < 4.78 is 29.9. The van der Waals surface area contributed by atoms with Crippen molar-refractivity contribution in [1.82, 2.24) is 20.9 Å². The van der Waals surface area contributed by atoms with Crippen molar-refractivity contribution < 1.29 is 32.3 Å². The molecule has 4 rings (SSSR count). The molecule has 6 unspecified atom stereocenters. The highest BCUT2D eigenvalue weighted by Crippen LogP contribution is 2.39. The molecule has 1 aliphatic carbocycles. The zero-order chi connectivity index (χ0) is 36.3. The second kappa shape index (κ2) is 15.3. The highest BCUT2D eigenvalue weighted by molar-refractivity contribution is 7.92. The third-order valence-corrected chi connectivity index (χ3v) is 12.5. The monoisotopic (exact) mass is 700 g/mol. The quantitative estimate of drug-likeness (QED) is 0.261. The van der Waals surface area contributed by atoms with Gasteiger partial charge in [-0.2, -0.15) is 0 Å². The van der Waals surface area contributed by atoms with Crippen LogP contribution in [0.15, 0.2) is 40.8 Å². The number of aliphatic hydroxyl groups is 1. The number of furan rings is 1. The second-order valence-electron chi connectivity index (χ2n) is 15.8. The first-order valence-corrected chi connectivity index (χ1v) is 19.3. The normalized spacial score (nSPS) is 22.3. The Morgan fingerprint density at radius 1 is 1.00 bits per heavy atom. The van der Waals surface area contributed by atoms with Crippen LogP contribution in [0.2, 0.25) is 0 Å². The average molecular weight is 701 g/mol. The number of likely N-dealkylation sites (tertiary alicyclic amines) is 1. The number of β-amino-alcohol motifs (C(OH)–C–C–N with tert-alkyl or cyclic N) is 1. The van der Waals surface area contributed by atoms with E-state index in [4.69, 9.17) is 4.42 Å². The Bertz CT molecular complexity index is 1560. The van der Waals surface area contributed by atoms with Crippen LogP contribution in [0.3, 0.4) is 0 Å². The van der Waals surface area contributed by atoms with Crippen LogP contribution in [-0.2, 0) is 25.8 Å². The topological polar surface area (TPSA) is 158 Å². The van der Waals surface area contributed by atoms with Gasteiger partial charge in [-0.15, -0.1) is 0 Å². The number of carbonyl (C=O) groups is 3. The molecule has 0 bridgehead atoms. The van der Waals surface area contributed by atoms with E-state index in [0.717, 1.165) is 43.1 Å². The Hall–Kier alpha value is -3.22. The molecule has 2 fully saturated rings. The first kappa shape index (κ1) is 38.6. The van der Waals surface area contributed by atoms with E-state index in [-0.39, 0.29) is 24.6 Å². The summed E-state index contributed by atoms with van der Waals surface area (Å²) in [5.74, 6) is -0.190. The van der Waals surface area contributed by atoms with E-state index in [2.05, 4.69) is 20.9 Å². The Morgan fingerprint density at radius 3 is 2.20 bits per heavy atom. The van der Waals surface area contributed by atoms with Crippen LogP contribution in [-0.4, -0.2) is 90.0 Å². The fraction of sp³-hybridized carbons (Fsp3) is 0.649.